The van der Waals surface area contributed by atoms with Crippen molar-refractivity contribution >= 4 is 27.5 Å². The Balaban J connectivity index is 2.27. The Hall–Kier alpha value is -0.830. The van der Waals surface area contributed by atoms with Crippen molar-refractivity contribution in [2.45, 2.75) is 25.2 Å². The number of nitrogens with one attached hydrogen (secondary N) is 1. The zero-order valence-corrected chi connectivity index (χ0v) is 9.44. The Bertz CT molecular complexity index is 449. The second kappa shape index (κ2) is 2.40. The number of halogens is 1. The molecule has 1 spiro atoms. The van der Waals surface area contributed by atoms with Crippen LogP contribution < -0.4 is 5.32 Å². The van der Waals surface area contributed by atoms with Crippen LogP contribution in [0.15, 0.2) is 16.6 Å². The van der Waals surface area contributed by atoms with Gasteiger partial charge in [0, 0.05) is 10.2 Å². The Morgan fingerprint density at radius 1 is 1.43 bits per heavy atom. The molecule has 1 amide bonds. The van der Waals surface area contributed by atoms with E-state index in [0.717, 1.165) is 28.6 Å². The minimum atomic E-state index is -0.152. The first-order valence-corrected chi connectivity index (χ1v) is 5.55. The van der Waals surface area contributed by atoms with Crippen molar-refractivity contribution in [3.05, 3.63) is 27.7 Å². The fourth-order valence-corrected chi connectivity index (χ4v) is 2.55. The molecule has 0 unspecified atom stereocenters. The maximum atomic E-state index is 11.8. The number of carbonyl (C=O) groups excluding carboxylic acids is 1. The van der Waals surface area contributed by atoms with Gasteiger partial charge in [-0.15, -0.1) is 0 Å². The SMILES string of the molecule is Cc1c(Br)ccc2c1NC(=O)C21CC1. The summed E-state index contributed by atoms with van der Waals surface area (Å²) in [7, 11) is 0. The van der Waals surface area contributed by atoms with Crippen molar-refractivity contribution in [2.75, 3.05) is 5.32 Å². The molecule has 0 saturated heterocycles. The smallest absolute Gasteiger partial charge is 0.235 e. The molecule has 2 nitrogen and oxygen atoms in total. The first-order chi connectivity index (χ1) is 6.65. The zero-order chi connectivity index (χ0) is 9.92. The molecule has 72 valence electrons. The van der Waals surface area contributed by atoms with E-state index in [-0.39, 0.29) is 11.3 Å². The first-order valence-electron chi connectivity index (χ1n) is 4.76. The summed E-state index contributed by atoms with van der Waals surface area (Å²) >= 11 is 3.48. The average molecular weight is 252 g/mol. The summed E-state index contributed by atoms with van der Waals surface area (Å²) in [5.41, 5.74) is 3.21. The number of hydrogen-bond acceptors (Lipinski definition) is 1. The van der Waals surface area contributed by atoms with E-state index in [2.05, 4.69) is 27.3 Å². The molecule has 1 saturated carbocycles. The van der Waals surface area contributed by atoms with Gasteiger partial charge in [-0.3, -0.25) is 4.79 Å². The van der Waals surface area contributed by atoms with Gasteiger partial charge in [0.25, 0.3) is 0 Å². The third-order valence-corrected chi connectivity index (χ3v) is 4.20. The predicted octanol–water partition coefficient (Wildman–Crippen LogP) is 2.74. The standard InChI is InChI=1S/C11H10BrNO/c1-6-8(12)3-2-7-9(6)13-10(14)11(7)4-5-11/h2-3H,4-5H2,1H3,(H,13,14). The second-order valence-corrected chi connectivity index (χ2v) is 4.99. The maximum Gasteiger partial charge on any atom is 0.235 e. The number of anilines is 1. The van der Waals surface area contributed by atoms with E-state index in [9.17, 15) is 4.79 Å². The van der Waals surface area contributed by atoms with Crippen LogP contribution in [-0.4, -0.2) is 5.91 Å². The van der Waals surface area contributed by atoms with Gasteiger partial charge >= 0.3 is 0 Å². The monoisotopic (exact) mass is 251 g/mol. The highest BCUT2D eigenvalue weighted by atomic mass is 79.9. The van der Waals surface area contributed by atoms with Crippen LogP contribution in [0.2, 0.25) is 0 Å². The molecule has 14 heavy (non-hydrogen) atoms. The molecule has 3 heteroatoms. The number of rotatable bonds is 0. The molecule has 0 aromatic heterocycles. The number of benzene rings is 1. The molecule has 1 aliphatic heterocycles. The summed E-state index contributed by atoms with van der Waals surface area (Å²) < 4.78 is 1.06. The molecule has 1 fully saturated rings. The van der Waals surface area contributed by atoms with E-state index in [0.29, 0.717) is 0 Å². The van der Waals surface area contributed by atoms with Gasteiger partial charge in [0.2, 0.25) is 5.91 Å². The normalized spacial score (nSPS) is 20.9. The van der Waals surface area contributed by atoms with Crippen molar-refractivity contribution in [1.82, 2.24) is 0 Å². The minimum absolute atomic E-state index is 0.152. The number of fused-ring (bicyclic) bond motifs is 2. The van der Waals surface area contributed by atoms with Crippen molar-refractivity contribution in [3.8, 4) is 0 Å². The summed E-state index contributed by atoms with van der Waals surface area (Å²) in [5, 5.41) is 2.99. The Labute approximate surface area is 90.8 Å². The number of hydrogen-bond donors (Lipinski definition) is 1. The molecular weight excluding hydrogens is 242 g/mol. The molecule has 1 aromatic carbocycles. The van der Waals surface area contributed by atoms with Gasteiger partial charge in [0.1, 0.15) is 0 Å². The highest BCUT2D eigenvalue weighted by Gasteiger charge is 2.56. The molecule has 2 aliphatic rings. The Morgan fingerprint density at radius 3 is 2.79 bits per heavy atom. The summed E-state index contributed by atoms with van der Waals surface area (Å²) in [6.45, 7) is 2.03. The molecule has 1 N–H and O–H groups in total. The molecule has 1 aliphatic carbocycles. The maximum absolute atomic E-state index is 11.8. The second-order valence-electron chi connectivity index (χ2n) is 4.13. The lowest BCUT2D eigenvalue weighted by Gasteiger charge is -2.06. The molecule has 3 rings (SSSR count). The molecule has 1 heterocycles. The zero-order valence-electron chi connectivity index (χ0n) is 7.86. The first kappa shape index (κ1) is 8.48. The number of carbonyl (C=O) groups is 1. The van der Waals surface area contributed by atoms with Crippen LogP contribution in [0.5, 0.6) is 0 Å². The largest absolute Gasteiger partial charge is 0.325 e. The molecule has 0 radical (unpaired) electrons. The van der Waals surface area contributed by atoms with Gasteiger partial charge in [-0.2, -0.15) is 0 Å². The van der Waals surface area contributed by atoms with Crippen LogP contribution in [0.1, 0.15) is 24.0 Å². The Kier molecular flexibility index (Phi) is 1.45. The molecule has 1 aromatic rings. The van der Waals surface area contributed by atoms with E-state index in [4.69, 9.17) is 0 Å². The van der Waals surface area contributed by atoms with E-state index in [1.807, 2.05) is 13.0 Å². The van der Waals surface area contributed by atoms with Crippen molar-refractivity contribution in [1.29, 1.82) is 0 Å². The van der Waals surface area contributed by atoms with Crippen LogP contribution >= 0.6 is 15.9 Å². The van der Waals surface area contributed by atoms with Crippen LogP contribution in [0, 0.1) is 6.92 Å². The summed E-state index contributed by atoms with van der Waals surface area (Å²) in [6.07, 6.45) is 2.01. The van der Waals surface area contributed by atoms with E-state index < -0.39 is 0 Å². The van der Waals surface area contributed by atoms with Gasteiger partial charge in [-0.1, -0.05) is 22.0 Å². The van der Waals surface area contributed by atoms with Gasteiger partial charge in [0.15, 0.2) is 0 Å². The fourth-order valence-electron chi connectivity index (χ4n) is 2.22. The van der Waals surface area contributed by atoms with E-state index in [1.165, 1.54) is 5.56 Å². The lowest BCUT2D eigenvalue weighted by Crippen LogP contribution is -2.18. The quantitative estimate of drug-likeness (QED) is 0.755. The highest BCUT2D eigenvalue weighted by molar-refractivity contribution is 9.10. The van der Waals surface area contributed by atoms with Gasteiger partial charge < -0.3 is 5.32 Å². The van der Waals surface area contributed by atoms with E-state index >= 15 is 0 Å². The topological polar surface area (TPSA) is 29.1 Å². The Morgan fingerprint density at radius 2 is 2.14 bits per heavy atom. The van der Waals surface area contributed by atoms with Crippen LogP contribution in [-0.2, 0) is 10.2 Å². The summed E-state index contributed by atoms with van der Waals surface area (Å²) in [5.74, 6) is 0.189. The van der Waals surface area contributed by atoms with Crippen molar-refractivity contribution < 1.29 is 4.79 Å². The lowest BCUT2D eigenvalue weighted by molar-refractivity contribution is -0.117. The molecular formula is C11H10BrNO. The van der Waals surface area contributed by atoms with Crippen LogP contribution in [0.25, 0.3) is 0 Å². The van der Waals surface area contributed by atoms with E-state index in [1.54, 1.807) is 0 Å². The highest BCUT2D eigenvalue weighted by Crippen LogP contribution is 2.56. The average Bonchev–Trinajstić information content (AvgIpc) is 2.88. The van der Waals surface area contributed by atoms with Crippen LogP contribution in [0.3, 0.4) is 0 Å². The van der Waals surface area contributed by atoms with Gasteiger partial charge in [-0.25, -0.2) is 0 Å². The lowest BCUT2D eigenvalue weighted by atomic mass is 9.96. The molecule has 0 bridgehead atoms. The van der Waals surface area contributed by atoms with Gasteiger partial charge in [0.05, 0.1) is 5.41 Å². The fraction of sp³-hybridized carbons (Fsp3) is 0.364. The van der Waals surface area contributed by atoms with Gasteiger partial charge in [-0.05, 0) is 37.0 Å². The third kappa shape index (κ3) is 0.836. The third-order valence-electron chi connectivity index (χ3n) is 3.34. The van der Waals surface area contributed by atoms with Crippen molar-refractivity contribution in [2.24, 2.45) is 0 Å². The van der Waals surface area contributed by atoms with Crippen molar-refractivity contribution in [3.63, 3.8) is 0 Å². The minimum Gasteiger partial charge on any atom is -0.325 e. The summed E-state index contributed by atoms with van der Waals surface area (Å²) in [6, 6.07) is 4.10. The molecule has 0 atom stereocenters. The predicted molar refractivity (Wildman–Crippen MR) is 58.4 cm³/mol. The number of amides is 1. The van der Waals surface area contributed by atoms with Crippen LogP contribution in [0.4, 0.5) is 5.69 Å². The summed E-state index contributed by atoms with van der Waals surface area (Å²) in [4.78, 5) is 11.8.